The van der Waals surface area contributed by atoms with Gasteiger partial charge in [-0.3, -0.25) is 0 Å². The molecule has 0 radical (unpaired) electrons. The molecule has 15 rings (SSSR count). The quantitative estimate of drug-likeness (QED) is 0.0321. The summed E-state index contributed by atoms with van der Waals surface area (Å²) in [5.74, 6) is -3.88. The number of rotatable bonds is 17. The molecule has 0 aliphatic heterocycles. The number of aromatic carboxylic acids is 2. The molecule has 0 saturated heterocycles. The first kappa shape index (κ1) is 76.9. The minimum atomic E-state index is -5.08. The maximum atomic E-state index is 12.4. The number of aliphatic carboxylic acids is 1. The van der Waals surface area contributed by atoms with E-state index in [0.29, 0.717) is 28.2 Å². The van der Waals surface area contributed by atoms with Crippen molar-refractivity contribution in [1.82, 2.24) is 70.3 Å². The fraction of sp³-hybridized carbons (Fsp3) is 0.109. The SMILES string of the molecule is CCOC(=O)c1nnn(Cc2ccc(OC)cc2)c1Sc1ccc2ncsc2c1.COc1ccc(Cn2nnc(C(=O)O)c2Sc2ccc3ncsc3c2)cc1.O=C(O)C(F)(F)F.O=C(O)c1n[nH]nc1Sc1ccc2ncsc2c1.O=S(=O)(Cl)c1ccc2ncsc2c1.Sc1ccc2ncsc2c1. The van der Waals surface area contributed by atoms with Gasteiger partial charge < -0.3 is 29.5 Å². The van der Waals surface area contributed by atoms with E-state index in [0.717, 1.165) is 88.6 Å². The van der Waals surface area contributed by atoms with E-state index in [2.05, 4.69) is 79.6 Å². The van der Waals surface area contributed by atoms with Crippen molar-refractivity contribution in [1.29, 1.82) is 0 Å². The van der Waals surface area contributed by atoms with Gasteiger partial charge in [0.05, 0.1) is 117 Å². The molecule has 15 aromatic rings. The highest BCUT2D eigenvalue weighted by Crippen LogP contribution is 2.36. The predicted octanol–water partition coefficient (Wildman–Crippen LogP) is 15.8. The monoisotopic (exact) mass is 1620 g/mol. The van der Waals surface area contributed by atoms with Crippen molar-refractivity contribution < 1.29 is 70.3 Å². The third-order valence-electron chi connectivity index (χ3n) is 13.4. The van der Waals surface area contributed by atoms with Gasteiger partial charge in [0.15, 0.2) is 5.03 Å². The number of aromatic nitrogens is 14. The molecule has 4 N–H and O–H groups in total. The Kier molecular flexibility index (Phi) is 26.4. The van der Waals surface area contributed by atoms with Gasteiger partial charge in [-0.2, -0.15) is 18.4 Å². The average Bonchev–Trinajstić information content (AvgIpc) is 1.63. The minimum absolute atomic E-state index is 0.0575. The highest BCUT2D eigenvalue weighted by Gasteiger charge is 2.38. The van der Waals surface area contributed by atoms with Crippen LogP contribution in [0.3, 0.4) is 0 Å². The summed E-state index contributed by atoms with van der Waals surface area (Å²) in [6.45, 7) is 2.93. The lowest BCUT2D eigenvalue weighted by molar-refractivity contribution is -0.192. The topological polar surface area (TPSA) is 358 Å². The number of benzene rings is 7. The van der Waals surface area contributed by atoms with Gasteiger partial charge in [0.2, 0.25) is 17.1 Å². The van der Waals surface area contributed by atoms with Crippen molar-refractivity contribution in [3.8, 4) is 11.5 Å². The Morgan fingerprint density at radius 2 is 0.923 bits per heavy atom. The first-order valence-corrected chi connectivity index (χ1v) is 38.8. The molecule has 8 heterocycles. The Morgan fingerprint density at radius 1 is 0.538 bits per heavy atom. The van der Waals surface area contributed by atoms with Gasteiger partial charge in [-0.1, -0.05) is 70.0 Å². The molecule has 0 fully saturated rings. The third-order valence-corrected chi connectivity index (χ3v) is 22.2. The summed E-state index contributed by atoms with van der Waals surface area (Å²) in [6, 6.07) is 43.4. The number of fused-ring (bicyclic) bond motifs is 5. The van der Waals surface area contributed by atoms with Crippen LogP contribution in [0.1, 0.15) is 49.5 Å². The first-order chi connectivity index (χ1) is 49.9. The lowest BCUT2D eigenvalue weighted by Gasteiger charge is -2.09. The Labute approximate surface area is 628 Å². The summed E-state index contributed by atoms with van der Waals surface area (Å²) in [7, 11) is 4.80. The van der Waals surface area contributed by atoms with Gasteiger partial charge in [0.1, 0.15) is 21.6 Å². The summed E-state index contributed by atoms with van der Waals surface area (Å²) in [6.07, 6.45) is -5.08. The Bertz CT molecular complexity index is 5600. The second kappa shape index (κ2) is 35.7. The fourth-order valence-corrected chi connectivity index (χ4v) is 16.3. The van der Waals surface area contributed by atoms with Crippen molar-refractivity contribution in [2.45, 2.75) is 65.7 Å². The minimum Gasteiger partial charge on any atom is -0.497 e. The Morgan fingerprint density at radius 3 is 1.33 bits per heavy atom. The number of thiol groups is 1. The molecule has 0 amide bonds. The van der Waals surface area contributed by atoms with Crippen LogP contribution in [0.15, 0.2) is 207 Å². The molecule has 534 valence electrons. The van der Waals surface area contributed by atoms with Crippen LogP contribution in [0, 0.1) is 0 Å². The van der Waals surface area contributed by atoms with E-state index in [1.54, 1.807) is 87.1 Å². The second-order valence-corrected chi connectivity index (χ2v) is 31.0. The van der Waals surface area contributed by atoms with E-state index in [1.165, 1.54) is 74.8 Å². The molecule has 0 bridgehead atoms. The van der Waals surface area contributed by atoms with Crippen LogP contribution in [0.4, 0.5) is 13.2 Å². The number of carbonyl (C=O) groups excluding carboxylic acids is 1. The lowest BCUT2D eigenvalue weighted by Crippen LogP contribution is -2.21. The molecular formula is C64H48ClF3N14O12S10. The van der Waals surface area contributed by atoms with Crippen LogP contribution in [0.5, 0.6) is 11.5 Å². The van der Waals surface area contributed by atoms with Gasteiger partial charge in [-0.15, -0.1) is 89.7 Å². The zero-order valence-corrected chi connectivity index (χ0v) is 62.2. The predicted molar refractivity (Wildman–Crippen MR) is 395 cm³/mol. The van der Waals surface area contributed by atoms with Crippen molar-refractivity contribution in [2.75, 3.05) is 20.8 Å². The van der Waals surface area contributed by atoms with Crippen LogP contribution in [0.25, 0.3) is 51.1 Å². The van der Waals surface area contributed by atoms with E-state index in [9.17, 15) is 41.1 Å². The lowest BCUT2D eigenvalue weighted by atomic mass is 10.2. The zero-order valence-electron chi connectivity index (χ0n) is 53.3. The van der Waals surface area contributed by atoms with E-state index >= 15 is 0 Å². The highest BCUT2D eigenvalue weighted by molar-refractivity contribution is 8.13. The third kappa shape index (κ3) is 20.8. The number of aromatic amines is 1. The summed E-state index contributed by atoms with van der Waals surface area (Å²) in [4.78, 5) is 68.6. The van der Waals surface area contributed by atoms with Gasteiger partial charge in [-0.25, -0.2) is 61.9 Å². The number of hydrogen-bond acceptors (Lipinski definition) is 29. The van der Waals surface area contributed by atoms with Crippen molar-refractivity contribution >= 4 is 199 Å². The maximum absolute atomic E-state index is 12.4. The molecule has 26 nitrogen and oxygen atoms in total. The Hall–Kier alpha value is -9.68. The number of ether oxygens (including phenoxy) is 3. The zero-order chi connectivity index (χ0) is 74.1. The van der Waals surface area contributed by atoms with E-state index in [-0.39, 0.29) is 28.6 Å². The summed E-state index contributed by atoms with van der Waals surface area (Å²) in [5, 5.41) is 53.0. The molecule has 0 aliphatic rings. The number of carboxylic acid groups (broad SMARTS) is 3. The average molecular weight is 1620 g/mol. The summed E-state index contributed by atoms with van der Waals surface area (Å²) < 4.78 is 77.7. The molecule has 0 unspecified atom stereocenters. The first-order valence-electron chi connectivity index (χ1n) is 29.2. The summed E-state index contributed by atoms with van der Waals surface area (Å²) >= 11 is 15.9. The number of esters is 1. The van der Waals surface area contributed by atoms with Gasteiger partial charge in [0, 0.05) is 30.3 Å². The normalized spacial score (nSPS) is 11.1. The Balaban J connectivity index is 0.000000142. The van der Waals surface area contributed by atoms with E-state index in [1.807, 2.05) is 126 Å². The molecule has 0 atom stereocenters. The molecule has 40 heteroatoms. The fourth-order valence-electron chi connectivity index (χ4n) is 8.58. The van der Waals surface area contributed by atoms with Crippen molar-refractivity contribution in [2.24, 2.45) is 0 Å². The standard InChI is InChI=1S/C20H18N4O3S2.C18H14N4O3S2.C10H6N4O2S2.C7H4ClNO2S2.C7H5NS2.C2HF3O2/c1-3-27-20(25)18-19(29-15-8-9-16-17(10-15)28-12-21-16)24(23-22-18)11-13-4-6-14(26-2)7-5-13;1-25-12-4-2-11(3-5-12)9-22-17(16(18(23)24)20-21-22)27-13-6-7-14-15(8-13)26-10-19-14;15-10(16)8-9(13-14-12-8)18-5-1-2-6-7(3-5)17-4-11-6;8-13(10,11)5-1-2-6-7(3-5)12-4-9-6;9-5-1-2-6-7(3-5)10-4-8-6;3-2(4,5)1(6)7/h4-10,12H,3,11H2,1-2H3;2-8,10H,9H2,1H3,(H,23,24);1-4H,(H,15,16)(H,12,13,14);1-4H;1-4,9H;(H,6,7). The number of carbonyl (C=O) groups is 4. The van der Waals surface area contributed by atoms with Crippen molar-refractivity contribution in [3.05, 3.63) is 195 Å². The van der Waals surface area contributed by atoms with Crippen LogP contribution in [-0.2, 0) is 31.7 Å². The van der Waals surface area contributed by atoms with Gasteiger partial charge >= 0.3 is 30.1 Å². The smallest absolute Gasteiger partial charge is 0.490 e. The number of nitrogens with zero attached hydrogens (tertiary/aromatic N) is 13. The largest absolute Gasteiger partial charge is 0.497 e. The van der Waals surface area contributed by atoms with E-state index in [4.69, 9.17) is 39.9 Å². The van der Waals surface area contributed by atoms with Gasteiger partial charge in [0.25, 0.3) is 9.05 Å². The van der Waals surface area contributed by atoms with Crippen LogP contribution in [-0.4, -0.2) is 145 Å². The number of methoxy groups -OCH3 is 2. The summed E-state index contributed by atoms with van der Waals surface area (Å²) in [5.41, 5.74) is 15.6. The van der Waals surface area contributed by atoms with E-state index < -0.39 is 39.1 Å². The number of H-pyrrole nitrogens is 1. The number of alkyl halides is 3. The number of thiazole rings is 5. The second-order valence-electron chi connectivity index (χ2n) is 20.3. The maximum Gasteiger partial charge on any atom is 0.490 e. The molecule has 0 saturated carbocycles. The molecular weight excluding hydrogens is 1570 g/mol. The molecule has 7 aromatic carbocycles. The number of hydrogen-bond donors (Lipinski definition) is 5. The van der Waals surface area contributed by atoms with Crippen molar-refractivity contribution in [3.63, 3.8) is 0 Å². The van der Waals surface area contributed by atoms with Crippen LogP contribution >= 0.6 is 115 Å². The van der Waals surface area contributed by atoms with Crippen LogP contribution < -0.4 is 9.47 Å². The molecule has 0 aliphatic carbocycles. The molecule has 8 aromatic heterocycles. The number of nitrogens with one attached hydrogen (secondary N) is 1. The number of halogens is 4. The molecule has 104 heavy (non-hydrogen) atoms. The molecule has 0 spiro atoms. The number of carboxylic acids is 3. The van der Waals surface area contributed by atoms with Gasteiger partial charge in [-0.05, 0) is 133 Å². The highest BCUT2D eigenvalue weighted by atomic mass is 35.7. The van der Waals surface area contributed by atoms with Crippen LogP contribution in [0.2, 0.25) is 0 Å².